The first-order valence-corrected chi connectivity index (χ1v) is 5.50. The molecule has 2 saturated carbocycles. The third kappa shape index (κ3) is 1.43. The van der Waals surface area contributed by atoms with Crippen LogP contribution >= 0.6 is 0 Å². The molecule has 0 saturated heterocycles. The summed E-state index contributed by atoms with van der Waals surface area (Å²) in [5.41, 5.74) is 7.07. The Balaban J connectivity index is 1.75. The summed E-state index contributed by atoms with van der Waals surface area (Å²) in [6.07, 6.45) is 8.07. The molecule has 4 heteroatoms. The highest BCUT2D eigenvalue weighted by Gasteiger charge is 2.29. The molecule has 3 rings (SSSR count). The zero-order chi connectivity index (χ0) is 9.54. The minimum atomic E-state index is 0.369. The number of rotatable bonds is 2. The summed E-state index contributed by atoms with van der Waals surface area (Å²) >= 11 is 0. The fourth-order valence-electron chi connectivity index (χ4n) is 2.27. The number of nitrogens with two attached hydrogens (primary N) is 1. The molecule has 0 amide bonds. The molecule has 1 aromatic rings. The van der Waals surface area contributed by atoms with E-state index in [1.54, 1.807) is 0 Å². The molecular weight excluding hydrogens is 176 g/mol. The Morgan fingerprint density at radius 2 is 2.14 bits per heavy atom. The van der Waals surface area contributed by atoms with E-state index in [1.807, 2.05) is 4.68 Å². The van der Waals surface area contributed by atoms with Crippen molar-refractivity contribution in [2.75, 3.05) is 0 Å². The first-order valence-electron chi connectivity index (χ1n) is 5.50. The van der Waals surface area contributed by atoms with E-state index in [2.05, 4.69) is 16.5 Å². The van der Waals surface area contributed by atoms with Gasteiger partial charge in [-0.1, -0.05) is 5.21 Å². The third-order valence-electron chi connectivity index (χ3n) is 3.34. The van der Waals surface area contributed by atoms with Crippen LogP contribution in [0.25, 0.3) is 0 Å². The topological polar surface area (TPSA) is 56.7 Å². The van der Waals surface area contributed by atoms with Gasteiger partial charge in [-0.25, -0.2) is 4.68 Å². The van der Waals surface area contributed by atoms with E-state index in [1.165, 1.54) is 18.5 Å². The van der Waals surface area contributed by atoms with Gasteiger partial charge in [0.05, 0.1) is 11.7 Å². The van der Waals surface area contributed by atoms with Crippen molar-refractivity contribution in [2.45, 2.75) is 50.1 Å². The molecule has 2 atom stereocenters. The highest BCUT2D eigenvalue weighted by atomic mass is 15.4. The second-order valence-electron chi connectivity index (χ2n) is 4.62. The zero-order valence-corrected chi connectivity index (χ0v) is 8.26. The van der Waals surface area contributed by atoms with Crippen molar-refractivity contribution in [1.82, 2.24) is 15.0 Å². The average Bonchev–Trinajstić information content (AvgIpc) is 2.76. The van der Waals surface area contributed by atoms with Crippen molar-refractivity contribution in [1.29, 1.82) is 0 Å². The molecule has 2 fully saturated rings. The molecule has 1 aromatic heterocycles. The maximum absolute atomic E-state index is 5.88. The summed E-state index contributed by atoms with van der Waals surface area (Å²) in [5.74, 6) is 0.707. The van der Waals surface area contributed by atoms with E-state index in [0.717, 1.165) is 19.3 Å². The van der Waals surface area contributed by atoms with Crippen LogP contribution in [0.4, 0.5) is 0 Å². The lowest BCUT2D eigenvalue weighted by Gasteiger charge is -2.07. The van der Waals surface area contributed by atoms with Crippen LogP contribution in [-0.4, -0.2) is 21.0 Å². The predicted octanol–water partition coefficient (Wildman–Crippen LogP) is 1.21. The van der Waals surface area contributed by atoms with Crippen LogP contribution in [0.1, 0.15) is 49.8 Å². The van der Waals surface area contributed by atoms with Gasteiger partial charge in [-0.15, -0.1) is 5.10 Å². The third-order valence-corrected chi connectivity index (χ3v) is 3.34. The lowest BCUT2D eigenvalue weighted by molar-refractivity contribution is 0.448. The van der Waals surface area contributed by atoms with Gasteiger partial charge in [-0.2, -0.15) is 0 Å². The summed E-state index contributed by atoms with van der Waals surface area (Å²) in [4.78, 5) is 0. The minimum absolute atomic E-state index is 0.369. The Morgan fingerprint density at radius 1 is 1.29 bits per heavy atom. The molecule has 1 heterocycles. The van der Waals surface area contributed by atoms with Gasteiger partial charge in [0.25, 0.3) is 0 Å². The summed E-state index contributed by atoms with van der Waals surface area (Å²) in [6, 6.07) is 0.874. The Bertz CT molecular complexity index is 329. The molecule has 0 spiro atoms. The van der Waals surface area contributed by atoms with E-state index in [9.17, 15) is 0 Å². The van der Waals surface area contributed by atoms with Gasteiger partial charge in [0, 0.05) is 18.2 Å². The van der Waals surface area contributed by atoms with Gasteiger partial charge in [0.1, 0.15) is 0 Å². The smallest absolute Gasteiger partial charge is 0.0858 e. The summed E-state index contributed by atoms with van der Waals surface area (Å²) in [5, 5.41) is 8.42. The molecule has 2 N–H and O–H groups in total. The lowest BCUT2D eigenvalue weighted by Crippen LogP contribution is -2.16. The lowest BCUT2D eigenvalue weighted by atomic mass is 10.2. The Hall–Kier alpha value is -0.900. The van der Waals surface area contributed by atoms with E-state index in [4.69, 9.17) is 5.73 Å². The van der Waals surface area contributed by atoms with Crippen LogP contribution < -0.4 is 5.73 Å². The van der Waals surface area contributed by atoms with Crippen molar-refractivity contribution in [3.63, 3.8) is 0 Å². The Labute approximate surface area is 83.5 Å². The fraction of sp³-hybridized carbons (Fsp3) is 0.800. The molecule has 0 unspecified atom stereocenters. The number of nitrogens with zero attached hydrogens (tertiary/aromatic N) is 3. The summed E-state index contributed by atoms with van der Waals surface area (Å²) in [7, 11) is 0. The largest absolute Gasteiger partial charge is 0.328 e. The first kappa shape index (κ1) is 8.41. The number of hydrogen-bond acceptors (Lipinski definition) is 3. The van der Waals surface area contributed by atoms with E-state index < -0.39 is 0 Å². The molecular formula is C10H16N4. The molecule has 2 aliphatic rings. The standard InChI is InChI=1S/C10H16N4/c11-8-3-4-9(5-8)14-6-10(12-13-14)7-1-2-7/h6-9H,1-5,11H2/t8-,9+/m0/s1. The highest BCUT2D eigenvalue weighted by molar-refractivity contribution is 5.09. The second-order valence-corrected chi connectivity index (χ2v) is 4.62. The molecule has 14 heavy (non-hydrogen) atoms. The molecule has 4 nitrogen and oxygen atoms in total. The van der Waals surface area contributed by atoms with Gasteiger partial charge in [-0.05, 0) is 32.1 Å². The number of hydrogen-bond donors (Lipinski definition) is 1. The van der Waals surface area contributed by atoms with Crippen LogP contribution in [0.5, 0.6) is 0 Å². The number of aromatic nitrogens is 3. The maximum Gasteiger partial charge on any atom is 0.0858 e. The van der Waals surface area contributed by atoms with Crippen molar-refractivity contribution < 1.29 is 0 Å². The monoisotopic (exact) mass is 192 g/mol. The Morgan fingerprint density at radius 3 is 2.79 bits per heavy atom. The average molecular weight is 192 g/mol. The molecule has 0 aliphatic heterocycles. The van der Waals surface area contributed by atoms with Crippen LogP contribution in [-0.2, 0) is 0 Å². The van der Waals surface area contributed by atoms with E-state index in [0.29, 0.717) is 18.0 Å². The van der Waals surface area contributed by atoms with E-state index in [-0.39, 0.29) is 0 Å². The highest BCUT2D eigenvalue weighted by Crippen LogP contribution is 2.39. The molecule has 76 valence electrons. The minimum Gasteiger partial charge on any atom is -0.328 e. The van der Waals surface area contributed by atoms with Crippen molar-refractivity contribution >= 4 is 0 Å². The predicted molar refractivity (Wildman–Crippen MR) is 52.9 cm³/mol. The SMILES string of the molecule is N[C@H]1CC[C@@H](n2cc(C3CC3)nn2)C1. The van der Waals surface area contributed by atoms with Gasteiger partial charge in [0.15, 0.2) is 0 Å². The summed E-state index contributed by atoms with van der Waals surface area (Å²) < 4.78 is 2.03. The van der Waals surface area contributed by atoms with Crippen LogP contribution in [0.2, 0.25) is 0 Å². The van der Waals surface area contributed by atoms with Crippen molar-refractivity contribution in [3.8, 4) is 0 Å². The van der Waals surface area contributed by atoms with Crippen LogP contribution in [0, 0.1) is 0 Å². The summed E-state index contributed by atoms with van der Waals surface area (Å²) in [6.45, 7) is 0. The van der Waals surface area contributed by atoms with Gasteiger partial charge < -0.3 is 5.73 Å². The van der Waals surface area contributed by atoms with Crippen molar-refractivity contribution in [3.05, 3.63) is 11.9 Å². The van der Waals surface area contributed by atoms with Gasteiger partial charge >= 0.3 is 0 Å². The zero-order valence-electron chi connectivity index (χ0n) is 8.26. The molecule has 0 aromatic carbocycles. The Kier molecular flexibility index (Phi) is 1.83. The fourth-order valence-corrected chi connectivity index (χ4v) is 2.27. The molecule has 0 bridgehead atoms. The van der Waals surface area contributed by atoms with Gasteiger partial charge in [0.2, 0.25) is 0 Å². The quantitative estimate of drug-likeness (QED) is 0.766. The van der Waals surface area contributed by atoms with E-state index >= 15 is 0 Å². The normalized spacial score (nSPS) is 32.4. The second kappa shape index (κ2) is 3.05. The van der Waals surface area contributed by atoms with Crippen molar-refractivity contribution in [2.24, 2.45) is 5.73 Å². The van der Waals surface area contributed by atoms with Gasteiger partial charge in [-0.3, -0.25) is 0 Å². The maximum atomic E-state index is 5.88. The molecule has 0 radical (unpaired) electrons. The van der Waals surface area contributed by atoms with Crippen LogP contribution in [0.15, 0.2) is 6.20 Å². The van der Waals surface area contributed by atoms with Crippen LogP contribution in [0.3, 0.4) is 0 Å². The molecule has 2 aliphatic carbocycles. The first-order chi connectivity index (χ1) is 6.83.